The maximum atomic E-state index is 12.2. The van der Waals surface area contributed by atoms with Crippen LogP contribution in [0.5, 0.6) is 0 Å². The number of esters is 2. The number of hydrogen-bond donors (Lipinski definition) is 1. The Balaban J connectivity index is 3.59. The minimum absolute atomic E-state index is 0.127. The molecule has 348 valence electrons. The third-order valence-corrected chi connectivity index (χ3v) is 9.97. The molecule has 0 aliphatic rings. The van der Waals surface area contributed by atoms with Gasteiger partial charge in [-0.3, -0.25) is 9.59 Å². The fourth-order valence-corrected chi connectivity index (χ4v) is 6.34. The average Bonchev–Trinajstić information content (AvgIpc) is 3.28. The lowest BCUT2D eigenvalue weighted by molar-refractivity contribution is -0.161. The molecule has 0 aliphatic heterocycles. The van der Waals surface area contributed by atoms with Crippen LogP contribution < -0.4 is 0 Å². The molecule has 0 saturated carbocycles. The number of ether oxygens (including phenoxy) is 2. The molecule has 0 radical (unpaired) electrons. The van der Waals surface area contributed by atoms with Crippen molar-refractivity contribution < 1.29 is 24.2 Å². The largest absolute Gasteiger partial charge is 0.461 e. The number of rotatable bonds is 43. The lowest BCUT2D eigenvalue weighted by atomic mass is 10.0. The molecule has 0 spiro atoms. The summed E-state index contributed by atoms with van der Waals surface area (Å²) < 4.78 is 10.6. The summed E-state index contributed by atoms with van der Waals surface area (Å²) >= 11 is 0. The molecule has 1 unspecified atom stereocenters. The Morgan fingerprint density at radius 1 is 0.387 bits per heavy atom. The zero-order valence-corrected chi connectivity index (χ0v) is 39.6. The lowest BCUT2D eigenvalue weighted by Crippen LogP contribution is -2.28. The van der Waals surface area contributed by atoms with Crippen molar-refractivity contribution in [2.75, 3.05) is 13.2 Å². The van der Waals surface area contributed by atoms with Gasteiger partial charge >= 0.3 is 11.9 Å². The monoisotopic (exact) mass is 855 g/mol. The van der Waals surface area contributed by atoms with Crippen molar-refractivity contribution in [3.63, 3.8) is 0 Å². The molecule has 0 saturated heterocycles. The Bertz CT molecular complexity index is 1330. The van der Waals surface area contributed by atoms with Crippen LogP contribution in [0.4, 0.5) is 0 Å². The molecule has 0 aromatic rings. The first-order valence-electron chi connectivity index (χ1n) is 24.7. The second-order valence-electron chi connectivity index (χ2n) is 15.8. The van der Waals surface area contributed by atoms with Crippen LogP contribution in [0.3, 0.4) is 0 Å². The number of aliphatic hydroxyl groups excluding tert-OH is 1. The van der Waals surface area contributed by atoms with E-state index in [-0.39, 0.29) is 25.6 Å². The summed E-state index contributed by atoms with van der Waals surface area (Å²) in [6.45, 7) is 3.81. The van der Waals surface area contributed by atoms with Gasteiger partial charge in [-0.2, -0.15) is 0 Å². The summed E-state index contributed by atoms with van der Waals surface area (Å²) in [4.78, 5) is 24.3. The van der Waals surface area contributed by atoms with E-state index in [1.165, 1.54) is 77.0 Å². The minimum Gasteiger partial charge on any atom is -0.461 e. The van der Waals surface area contributed by atoms with E-state index in [2.05, 4.69) is 135 Å². The number of hydrogen-bond acceptors (Lipinski definition) is 5. The molecule has 0 amide bonds. The van der Waals surface area contributed by atoms with Gasteiger partial charge in [0.2, 0.25) is 0 Å². The zero-order chi connectivity index (χ0) is 44.9. The molecule has 62 heavy (non-hydrogen) atoms. The summed E-state index contributed by atoms with van der Waals surface area (Å²) in [5.41, 5.74) is 0. The van der Waals surface area contributed by atoms with Crippen molar-refractivity contribution in [2.24, 2.45) is 0 Å². The van der Waals surface area contributed by atoms with Gasteiger partial charge in [0.25, 0.3) is 0 Å². The number of aliphatic hydroxyl groups is 1. The number of carbonyl (C=O) groups is 2. The predicted octanol–water partition coefficient (Wildman–Crippen LogP) is 16.5. The Hall–Kier alpha value is -3.96. The van der Waals surface area contributed by atoms with E-state index in [9.17, 15) is 14.7 Å². The van der Waals surface area contributed by atoms with Crippen LogP contribution in [-0.2, 0) is 19.1 Å². The van der Waals surface area contributed by atoms with Crippen LogP contribution in [0.15, 0.2) is 134 Å². The van der Waals surface area contributed by atoms with Crippen LogP contribution in [0, 0.1) is 0 Å². The number of carbonyl (C=O) groups excluding carboxylic acids is 2. The third-order valence-electron chi connectivity index (χ3n) is 9.97. The van der Waals surface area contributed by atoms with Crippen LogP contribution in [0.2, 0.25) is 0 Å². The maximum Gasteiger partial charge on any atom is 0.309 e. The van der Waals surface area contributed by atoms with Gasteiger partial charge in [-0.05, 0) is 89.9 Å². The first-order valence-corrected chi connectivity index (χ1v) is 24.7. The molecule has 1 atom stereocenters. The summed E-state index contributed by atoms with van der Waals surface area (Å²) in [5, 5.41) is 9.59. The summed E-state index contributed by atoms with van der Waals surface area (Å²) in [6, 6.07) is 0. The van der Waals surface area contributed by atoms with E-state index in [0.717, 1.165) is 89.9 Å². The average molecular weight is 855 g/mol. The van der Waals surface area contributed by atoms with Gasteiger partial charge in [-0.15, -0.1) is 0 Å². The van der Waals surface area contributed by atoms with Gasteiger partial charge in [0.15, 0.2) is 6.10 Å². The van der Waals surface area contributed by atoms with Crippen LogP contribution >= 0.6 is 0 Å². The van der Waals surface area contributed by atoms with Gasteiger partial charge in [-0.1, -0.05) is 225 Å². The molecule has 1 N–H and O–H groups in total. The van der Waals surface area contributed by atoms with Gasteiger partial charge in [-0.25, -0.2) is 0 Å². The fraction of sp³-hybridized carbons (Fsp3) is 0.579. The normalized spacial score (nSPS) is 13.4. The van der Waals surface area contributed by atoms with E-state index < -0.39 is 12.1 Å². The van der Waals surface area contributed by atoms with Crippen molar-refractivity contribution in [1.82, 2.24) is 0 Å². The highest BCUT2D eigenvalue weighted by Gasteiger charge is 2.15. The molecule has 0 fully saturated rings. The van der Waals surface area contributed by atoms with Crippen molar-refractivity contribution >= 4 is 11.9 Å². The minimum atomic E-state index is -0.821. The summed E-state index contributed by atoms with van der Waals surface area (Å²) in [5.74, 6) is -0.747. The van der Waals surface area contributed by atoms with Crippen molar-refractivity contribution in [3.8, 4) is 0 Å². The molecule has 0 heterocycles. The molecule has 0 rings (SSSR count). The first kappa shape index (κ1) is 58.0. The Kier molecular flexibility index (Phi) is 48.1. The highest BCUT2D eigenvalue weighted by Crippen LogP contribution is 2.14. The molecule has 0 bridgehead atoms. The van der Waals surface area contributed by atoms with Gasteiger partial charge in [0, 0.05) is 6.42 Å². The van der Waals surface area contributed by atoms with Crippen molar-refractivity contribution in [1.29, 1.82) is 0 Å². The van der Waals surface area contributed by atoms with Crippen LogP contribution in [0.25, 0.3) is 0 Å². The Morgan fingerprint density at radius 2 is 0.694 bits per heavy atom. The van der Waals surface area contributed by atoms with Crippen LogP contribution in [-0.4, -0.2) is 36.4 Å². The lowest BCUT2D eigenvalue weighted by Gasteiger charge is -2.15. The molecule has 0 aromatic carbocycles. The molecule has 0 aromatic heterocycles. The zero-order valence-electron chi connectivity index (χ0n) is 39.6. The van der Waals surface area contributed by atoms with E-state index in [1.54, 1.807) is 6.08 Å². The van der Waals surface area contributed by atoms with Crippen molar-refractivity contribution in [2.45, 2.75) is 200 Å². The maximum absolute atomic E-state index is 12.2. The number of unbranched alkanes of at least 4 members (excludes halogenated alkanes) is 14. The Morgan fingerprint density at radius 3 is 1.05 bits per heavy atom. The summed E-state index contributed by atoms with van der Waals surface area (Å²) in [6.07, 6.45) is 77.1. The van der Waals surface area contributed by atoms with Crippen LogP contribution in [0.1, 0.15) is 194 Å². The highest BCUT2D eigenvalue weighted by molar-refractivity contribution is 5.71. The predicted molar refractivity (Wildman–Crippen MR) is 269 cm³/mol. The second-order valence-corrected chi connectivity index (χ2v) is 15.8. The highest BCUT2D eigenvalue weighted by atomic mass is 16.6. The smallest absolute Gasteiger partial charge is 0.309 e. The molecule has 5 heteroatoms. The summed E-state index contributed by atoms with van der Waals surface area (Å²) in [7, 11) is 0. The topological polar surface area (TPSA) is 72.8 Å². The van der Waals surface area contributed by atoms with E-state index in [0.29, 0.717) is 6.42 Å². The Labute approximate surface area is 381 Å². The number of allylic oxidation sites excluding steroid dienone is 21. The van der Waals surface area contributed by atoms with E-state index in [1.807, 2.05) is 6.08 Å². The SMILES string of the molecule is CC/C=C\C/C=C\C/C=C\C/C=C\C/C=C\C/C=C\CCCCCCCCCCCCCCCCC(=O)OC(CO)COC(=O)C/C=C\C/C=C\C/C=C\C/C=C\C/C=C\CC. The van der Waals surface area contributed by atoms with E-state index >= 15 is 0 Å². The van der Waals surface area contributed by atoms with E-state index in [4.69, 9.17) is 9.47 Å². The fourth-order valence-electron chi connectivity index (χ4n) is 6.34. The standard InChI is InChI=1S/C57H90O5/c1-3-5-7-9-11-13-15-17-19-20-21-22-23-24-25-26-27-28-29-30-31-32-33-34-35-36-38-40-42-44-46-48-50-52-57(60)62-55(53-58)54-61-56(59)51-49-47-45-43-41-39-37-18-16-14-12-10-8-6-4-2/h5-8,11-14,17-19,21-22,24-25,27-28,37,41,43,47,49,55,58H,3-4,9-10,15-16,20,23,26,29-36,38-40,42,44-46,48,50-54H2,1-2H3/b7-5-,8-6-,13-11-,14-12-,19-17-,22-21-,25-24-,28-27-,37-18-,43-41-,49-47-. The molecular formula is C57H90O5. The molecule has 0 aliphatic carbocycles. The van der Waals surface area contributed by atoms with Gasteiger partial charge in [0.05, 0.1) is 13.0 Å². The van der Waals surface area contributed by atoms with Crippen molar-refractivity contribution in [3.05, 3.63) is 134 Å². The van der Waals surface area contributed by atoms with Gasteiger partial charge < -0.3 is 14.6 Å². The first-order chi connectivity index (χ1) is 30.6. The third kappa shape index (κ3) is 48.7. The van der Waals surface area contributed by atoms with Gasteiger partial charge in [0.1, 0.15) is 6.61 Å². The molecular weight excluding hydrogens is 765 g/mol. The molecule has 5 nitrogen and oxygen atoms in total. The quantitative estimate of drug-likeness (QED) is 0.0376. The second kappa shape index (κ2) is 51.4.